The van der Waals surface area contributed by atoms with Crippen LogP contribution in [0.5, 0.6) is 0 Å². The van der Waals surface area contributed by atoms with Gasteiger partial charge in [0.2, 0.25) is 0 Å². The van der Waals surface area contributed by atoms with E-state index in [9.17, 15) is 0 Å². The van der Waals surface area contributed by atoms with Crippen LogP contribution < -0.4 is 0 Å². The molecule has 0 aliphatic rings. The van der Waals surface area contributed by atoms with Crippen LogP contribution in [0.25, 0.3) is 93.7 Å². The van der Waals surface area contributed by atoms with E-state index in [0.29, 0.717) is 0 Å². The molecule has 10 aromatic rings. The van der Waals surface area contributed by atoms with Crippen LogP contribution in [0.4, 0.5) is 0 Å². The van der Waals surface area contributed by atoms with Crippen LogP contribution >= 0.6 is 0 Å². The van der Waals surface area contributed by atoms with E-state index in [2.05, 4.69) is 192 Å². The molecule has 0 bridgehead atoms. The number of para-hydroxylation sites is 1. The summed E-state index contributed by atoms with van der Waals surface area (Å²) in [4.78, 5) is 9.36. The maximum atomic E-state index is 4.83. The van der Waals surface area contributed by atoms with Crippen molar-refractivity contribution in [3.05, 3.63) is 218 Å². The van der Waals surface area contributed by atoms with E-state index in [-0.39, 0.29) is 0 Å². The lowest BCUT2D eigenvalue weighted by atomic mass is 9.84. The van der Waals surface area contributed by atoms with Crippen molar-refractivity contribution in [1.82, 2.24) is 9.55 Å². The molecule has 58 heavy (non-hydrogen) atoms. The summed E-state index contributed by atoms with van der Waals surface area (Å²) in [6.45, 7) is 4.72. The van der Waals surface area contributed by atoms with Gasteiger partial charge < -0.3 is 0 Å². The summed E-state index contributed by atoms with van der Waals surface area (Å²) >= 11 is 0. The summed E-state index contributed by atoms with van der Waals surface area (Å²) in [6.07, 6.45) is 5.97. The van der Waals surface area contributed by atoms with Crippen molar-refractivity contribution in [3.63, 3.8) is 0 Å². The van der Waals surface area contributed by atoms with E-state index in [1.54, 1.807) is 0 Å². The molecule has 0 atom stereocenters. The molecule has 0 amide bonds. The normalized spacial score (nSPS) is 12.0. The van der Waals surface area contributed by atoms with E-state index in [1.807, 2.05) is 31.6 Å². The standard InChI is InChI=1S/C55H39N3/c1-37(31-44(36-56-2)40-28-29-52-51(35-40)50-27-16-30-57-55(50)58(52)45-21-10-5-11-22-45)41-32-42(38-17-6-3-7-18-38)34-43(33-41)54-48-25-14-12-23-46(48)53(39-19-8-4-9-20-39)47-24-13-15-26-49(47)54/h3-36H,1H2,2H3/b44-31+,56-36+. The lowest BCUT2D eigenvalue weighted by molar-refractivity contribution is 1.14. The summed E-state index contributed by atoms with van der Waals surface area (Å²) < 4.78 is 2.24. The average Bonchev–Trinajstić information content (AvgIpc) is 3.62. The fourth-order valence-electron chi connectivity index (χ4n) is 8.58. The number of hydrogen-bond acceptors (Lipinski definition) is 2. The third-order valence-corrected chi connectivity index (χ3v) is 11.2. The quantitative estimate of drug-likeness (QED) is 0.0866. The van der Waals surface area contributed by atoms with Gasteiger partial charge in [0.25, 0.3) is 0 Å². The van der Waals surface area contributed by atoms with Crippen molar-refractivity contribution >= 4 is 60.8 Å². The smallest absolute Gasteiger partial charge is 0.145 e. The van der Waals surface area contributed by atoms with Crippen LogP contribution in [0.1, 0.15) is 11.1 Å². The van der Waals surface area contributed by atoms with Gasteiger partial charge in [-0.3, -0.25) is 9.56 Å². The van der Waals surface area contributed by atoms with Gasteiger partial charge in [0.05, 0.1) is 5.52 Å². The molecule has 0 aliphatic carbocycles. The Balaban J connectivity index is 1.16. The van der Waals surface area contributed by atoms with Gasteiger partial charge in [0, 0.05) is 41.5 Å². The first-order valence-electron chi connectivity index (χ1n) is 19.6. The molecule has 0 unspecified atom stereocenters. The Hall–Kier alpha value is -7.62. The van der Waals surface area contributed by atoms with Crippen LogP contribution in [0.15, 0.2) is 212 Å². The van der Waals surface area contributed by atoms with E-state index in [4.69, 9.17) is 11.6 Å². The molecule has 2 heterocycles. The Kier molecular flexibility index (Phi) is 8.89. The Bertz CT molecular complexity index is 3170. The van der Waals surface area contributed by atoms with Crippen molar-refractivity contribution < 1.29 is 0 Å². The Morgan fingerprint density at radius 3 is 1.69 bits per heavy atom. The Morgan fingerprint density at radius 2 is 1.05 bits per heavy atom. The lowest BCUT2D eigenvalue weighted by Crippen LogP contribution is -1.95. The monoisotopic (exact) mass is 741 g/mol. The zero-order chi connectivity index (χ0) is 39.0. The minimum absolute atomic E-state index is 0.900. The van der Waals surface area contributed by atoms with E-state index in [1.165, 1.54) is 38.2 Å². The Morgan fingerprint density at radius 1 is 0.500 bits per heavy atom. The van der Waals surface area contributed by atoms with Gasteiger partial charge in [-0.05, 0) is 132 Å². The SMILES string of the molecule is C=C(/C=C(\C=N\C)c1ccc2c(c1)c1cccnc1n2-c1ccccc1)c1cc(-c2ccccc2)cc(-c2c3ccccc3c(-c3ccccc3)c3ccccc23)c1. The molecular weight excluding hydrogens is 703 g/mol. The van der Waals surface area contributed by atoms with Crippen LogP contribution in [0, 0.1) is 0 Å². The molecule has 0 aliphatic heterocycles. The average molecular weight is 742 g/mol. The summed E-state index contributed by atoms with van der Waals surface area (Å²) in [7, 11) is 1.82. The highest BCUT2D eigenvalue weighted by atomic mass is 15.0. The zero-order valence-electron chi connectivity index (χ0n) is 32.2. The molecule has 3 nitrogen and oxygen atoms in total. The van der Waals surface area contributed by atoms with E-state index in [0.717, 1.165) is 66.6 Å². The fraction of sp³-hybridized carbons (Fsp3) is 0.0182. The molecule has 10 rings (SSSR count). The van der Waals surface area contributed by atoms with Gasteiger partial charge in [-0.2, -0.15) is 0 Å². The van der Waals surface area contributed by atoms with Gasteiger partial charge in [-0.1, -0.05) is 140 Å². The lowest BCUT2D eigenvalue weighted by Gasteiger charge is -2.19. The maximum Gasteiger partial charge on any atom is 0.145 e. The molecule has 0 saturated heterocycles. The molecule has 0 fully saturated rings. The molecule has 0 saturated carbocycles. The largest absolute Gasteiger partial charge is 0.296 e. The number of aliphatic imine (C=N–C) groups is 1. The van der Waals surface area contributed by atoms with Gasteiger partial charge in [-0.15, -0.1) is 0 Å². The highest BCUT2D eigenvalue weighted by Crippen LogP contribution is 2.45. The number of aromatic nitrogens is 2. The molecular formula is C55H39N3. The van der Waals surface area contributed by atoms with Crippen LogP contribution in [-0.2, 0) is 0 Å². The maximum absolute atomic E-state index is 4.83. The number of hydrogen-bond donors (Lipinski definition) is 0. The van der Waals surface area contributed by atoms with Gasteiger partial charge in [0.1, 0.15) is 5.65 Å². The van der Waals surface area contributed by atoms with Crippen molar-refractivity contribution in [1.29, 1.82) is 0 Å². The van der Waals surface area contributed by atoms with Gasteiger partial charge in [0.15, 0.2) is 0 Å². The minimum Gasteiger partial charge on any atom is -0.296 e. The summed E-state index contributed by atoms with van der Waals surface area (Å²) in [5, 5.41) is 7.13. The summed E-state index contributed by atoms with van der Waals surface area (Å²) in [5.41, 5.74) is 14.2. The minimum atomic E-state index is 0.900. The van der Waals surface area contributed by atoms with E-state index >= 15 is 0 Å². The molecule has 274 valence electrons. The van der Waals surface area contributed by atoms with Crippen LogP contribution in [0.2, 0.25) is 0 Å². The predicted octanol–water partition coefficient (Wildman–Crippen LogP) is 14.3. The van der Waals surface area contributed by atoms with Crippen molar-refractivity contribution in [3.8, 4) is 39.1 Å². The number of nitrogens with zero attached hydrogens (tertiary/aromatic N) is 3. The second-order valence-electron chi connectivity index (χ2n) is 14.7. The fourth-order valence-corrected chi connectivity index (χ4v) is 8.58. The molecule has 2 aromatic heterocycles. The summed E-state index contributed by atoms with van der Waals surface area (Å²) in [6, 6.07) is 67.2. The third-order valence-electron chi connectivity index (χ3n) is 11.2. The van der Waals surface area contributed by atoms with Gasteiger partial charge >= 0.3 is 0 Å². The second-order valence-corrected chi connectivity index (χ2v) is 14.7. The molecule has 3 heteroatoms. The molecule has 0 radical (unpaired) electrons. The number of fused-ring (bicyclic) bond motifs is 5. The zero-order valence-corrected chi connectivity index (χ0v) is 32.2. The third kappa shape index (κ3) is 6.10. The van der Waals surface area contributed by atoms with E-state index < -0.39 is 0 Å². The first-order valence-corrected chi connectivity index (χ1v) is 19.6. The van der Waals surface area contributed by atoms with Gasteiger partial charge in [-0.25, -0.2) is 4.98 Å². The number of pyridine rings is 1. The highest BCUT2D eigenvalue weighted by molar-refractivity contribution is 6.22. The van der Waals surface area contributed by atoms with Crippen LogP contribution in [-0.4, -0.2) is 22.8 Å². The predicted molar refractivity (Wildman–Crippen MR) is 248 cm³/mol. The summed E-state index contributed by atoms with van der Waals surface area (Å²) in [5.74, 6) is 0. The number of rotatable bonds is 8. The van der Waals surface area contributed by atoms with Crippen molar-refractivity contribution in [2.75, 3.05) is 7.05 Å². The number of benzene rings is 8. The topological polar surface area (TPSA) is 30.2 Å². The van der Waals surface area contributed by atoms with Crippen molar-refractivity contribution in [2.24, 2.45) is 4.99 Å². The Labute approximate surface area is 338 Å². The first kappa shape index (κ1) is 34.8. The number of allylic oxidation sites excluding steroid dienone is 3. The van der Waals surface area contributed by atoms with Crippen LogP contribution in [0.3, 0.4) is 0 Å². The van der Waals surface area contributed by atoms with Crippen molar-refractivity contribution in [2.45, 2.75) is 0 Å². The molecule has 0 N–H and O–H groups in total. The first-order chi connectivity index (χ1) is 28.7. The molecule has 8 aromatic carbocycles. The highest BCUT2D eigenvalue weighted by Gasteiger charge is 2.19. The molecule has 0 spiro atoms. The second kappa shape index (κ2) is 14.8.